The highest BCUT2D eigenvalue weighted by atomic mass is 16.6. The molecule has 1 amide bonds. The second-order valence-electron chi connectivity index (χ2n) is 23.6. The third-order valence-corrected chi connectivity index (χ3v) is 18.1. The van der Waals surface area contributed by atoms with Crippen molar-refractivity contribution in [2.45, 2.75) is 123 Å². The number of likely N-dealkylation sites (tertiary alicyclic amines) is 2. The molecule has 0 saturated carbocycles. The number of phenols is 1. The number of ether oxygens (including phenoxy) is 3. The zero-order chi connectivity index (χ0) is 56.3. The van der Waals surface area contributed by atoms with Gasteiger partial charge in [0, 0.05) is 104 Å². The SMILES string of the molecule is C[C@@H](Oc1nc2c(c(N3CCCCC3)n1)CCN(c1cc(O)cc3ccccc13)C2)[C@H]1CCCN1C.Cc1cc(N2CCc3c(nc(O[C@H](C)[C@H]4CCCN4C)nc3N3CCN(C(=O)OCc4ccccc4)CC3)C2)c2ccccc2c1. The molecule has 16 nitrogen and oxygen atoms in total. The Hall–Kier alpha value is -7.43. The van der Waals surface area contributed by atoms with E-state index in [1.165, 1.54) is 65.3 Å². The van der Waals surface area contributed by atoms with Crippen LogP contribution in [0.1, 0.15) is 92.4 Å². The molecule has 0 unspecified atom stereocenters. The zero-order valence-electron chi connectivity index (χ0n) is 48.7. The van der Waals surface area contributed by atoms with Crippen LogP contribution in [0.15, 0.2) is 103 Å². The highest BCUT2D eigenvalue weighted by molar-refractivity contribution is 5.96. The van der Waals surface area contributed by atoms with Crippen LogP contribution in [0.25, 0.3) is 21.5 Å². The lowest BCUT2D eigenvalue weighted by molar-refractivity contribution is 0.0939. The summed E-state index contributed by atoms with van der Waals surface area (Å²) < 4.78 is 18.6. The summed E-state index contributed by atoms with van der Waals surface area (Å²) in [5.41, 5.74) is 9.05. The van der Waals surface area contributed by atoms with E-state index in [0.29, 0.717) is 69.1 Å². The summed E-state index contributed by atoms with van der Waals surface area (Å²) in [4.78, 5) is 49.2. The molecule has 2 aromatic heterocycles. The van der Waals surface area contributed by atoms with Crippen molar-refractivity contribution in [3.63, 3.8) is 0 Å². The maximum absolute atomic E-state index is 12.9. The van der Waals surface area contributed by atoms with Gasteiger partial charge in [-0.2, -0.15) is 19.9 Å². The summed E-state index contributed by atoms with van der Waals surface area (Å²) in [5.74, 6) is 2.31. The average Bonchev–Trinajstić information content (AvgIpc) is 4.27. The van der Waals surface area contributed by atoms with Crippen LogP contribution in [-0.4, -0.2) is 150 Å². The number of fused-ring (bicyclic) bond motifs is 4. The number of anilines is 4. The molecule has 0 spiro atoms. The second kappa shape index (κ2) is 24.6. The van der Waals surface area contributed by atoms with Gasteiger partial charge in [0.15, 0.2) is 0 Å². The smallest absolute Gasteiger partial charge is 0.410 e. The van der Waals surface area contributed by atoms with Crippen molar-refractivity contribution in [3.05, 3.63) is 137 Å². The molecular weight excluding hydrogens is 1030 g/mol. The van der Waals surface area contributed by atoms with Crippen molar-refractivity contribution in [1.29, 1.82) is 0 Å². The highest BCUT2D eigenvalue weighted by Gasteiger charge is 2.34. The fourth-order valence-corrected chi connectivity index (χ4v) is 13.6. The van der Waals surface area contributed by atoms with Gasteiger partial charge in [0.2, 0.25) is 0 Å². The van der Waals surface area contributed by atoms with Gasteiger partial charge in [0.1, 0.15) is 36.2 Å². The number of carbonyl (C=O) groups is 1. The largest absolute Gasteiger partial charge is 0.508 e. The van der Waals surface area contributed by atoms with Crippen molar-refractivity contribution in [3.8, 4) is 17.8 Å². The lowest BCUT2D eigenvalue weighted by Crippen LogP contribution is -2.49. The van der Waals surface area contributed by atoms with Crippen LogP contribution in [0.3, 0.4) is 0 Å². The maximum Gasteiger partial charge on any atom is 0.410 e. The maximum atomic E-state index is 12.9. The molecule has 4 atom stereocenters. The molecule has 13 rings (SSSR count). The topological polar surface area (TPSA) is 139 Å². The van der Waals surface area contributed by atoms with Gasteiger partial charge in [0.05, 0.1) is 24.5 Å². The minimum atomic E-state index is -0.271. The van der Waals surface area contributed by atoms with Crippen molar-refractivity contribution < 1.29 is 24.1 Å². The molecule has 4 fully saturated rings. The van der Waals surface area contributed by atoms with Crippen LogP contribution < -0.4 is 29.1 Å². The Balaban J connectivity index is 0.000000167. The third-order valence-electron chi connectivity index (χ3n) is 18.1. The summed E-state index contributed by atoms with van der Waals surface area (Å²) >= 11 is 0. The standard InChI is InChI=1S/C37H44N6O3.C29H37N5O2/c1-26-22-29-12-7-8-13-30(29)34(23-26)43-17-15-31-32(24-43)38-36(46-27(2)33-14-9-16-40(33)3)39-35(31)41-18-20-42(21-19-41)37(44)45-25-28-10-5-4-6-11-28;1-20(26-11-8-13-32(26)2)36-29-30-25-19-34(27-18-22(35)17-21-9-4-5-10-23(21)27)16-12-24(25)28(31-29)33-14-6-3-7-15-33/h4-8,10-13,22-23,27,33H,9,14-21,24-25H2,1-3H3;4-5,9-10,17-18,20,26,35H,3,6-8,11-16,19H2,1-2H3/t27-,33-;20-,26-/m11/s1. The first-order valence-corrected chi connectivity index (χ1v) is 30.2. The van der Waals surface area contributed by atoms with E-state index in [-0.39, 0.29) is 24.9 Å². The van der Waals surface area contributed by atoms with Crippen LogP contribution in [0, 0.1) is 6.92 Å². The minimum absolute atomic E-state index is 0.0185. The van der Waals surface area contributed by atoms with Gasteiger partial charge in [-0.15, -0.1) is 0 Å². The van der Waals surface area contributed by atoms with Crippen molar-refractivity contribution in [2.24, 2.45) is 0 Å². The van der Waals surface area contributed by atoms with E-state index in [4.69, 9.17) is 34.1 Å². The van der Waals surface area contributed by atoms with Crippen molar-refractivity contribution in [1.82, 2.24) is 34.6 Å². The Bertz CT molecular complexity index is 3370. The molecule has 6 aliphatic rings. The van der Waals surface area contributed by atoms with Crippen LogP contribution >= 0.6 is 0 Å². The first-order chi connectivity index (χ1) is 40.0. The van der Waals surface area contributed by atoms with Gasteiger partial charge < -0.3 is 43.8 Å². The molecule has 4 saturated heterocycles. The Labute approximate surface area is 483 Å². The summed E-state index contributed by atoms with van der Waals surface area (Å²) in [6.07, 6.45) is 9.85. The second-order valence-corrected chi connectivity index (χ2v) is 23.6. The predicted octanol–water partition coefficient (Wildman–Crippen LogP) is 10.6. The van der Waals surface area contributed by atoms with Crippen molar-refractivity contribution >= 4 is 50.6 Å². The lowest BCUT2D eigenvalue weighted by atomic mass is 10.0. The number of amides is 1. The fourth-order valence-electron chi connectivity index (χ4n) is 13.6. The number of aryl methyl sites for hydroxylation is 1. The first kappa shape index (κ1) is 55.1. The van der Waals surface area contributed by atoms with Gasteiger partial charge in [-0.25, -0.2) is 4.79 Å². The molecule has 8 heterocycles. The van der Waals surface area contributed by atoms with Crippen molar-refractivity contribution in [2.75, 3.05) is 99.1 Å². The molecule has 1 N–H and O–H groups in total. The fraction of sp³-hybridized carbons (Fsp3) is 0.470. The van der Waals surface area contributed by atoms with Crippen LogP contribution in [-0.2, 0) is 37.3 Å². The lowest BCUT2D eigenvalue weighted by Gasteiger charge is -2.38. The Morgan fingerprint density at radius 3 is 1.62 bits per heavy atom. The molecule has 0 aliphatic carbocycles. The molecule has 7 aromatic rings. The van der Waals surface area contributed by atoms with Gasteiger partial charge in [0.25, 0.3) is 0 Å². The number of aromatic nitrogens is 4. The number of phenolic OH excluding ortho intramolecular Hbond substituents is 1. The molecule has 6 aliphatic heterocycles. The summed E-state index contributed by atoms with van der Waals surface area (Å²) in [6.45, 7) is 16.7. The minimum Gasteiger partial charge on any atom is -0.508 e. The molecule has 0 bridgehead atoms. The number of piperazine rings is 1. The molecule has 430 valence electrons. The van der Waals surface area contributed by atoms with E-state index in [9.17, 15) is 9.90 Å². The number of carbonyl (C=O) groups excluding carboxylic acids is 1. The van der Waals surface area contributed by atoms with E-state index < -0.39 is 0 Å². The molecule has 5 aromatic carbocycles. The number of aromatic hydroxyl groups is 1. The first-order valence-electron chi connectivity index (χ1n) is 30.2. The number of hydrogen-bond donors (Lipinski definition) is 1. The van der Waals surface area contributed by atoms with Gasteiger partial charge in [-0.05, 0) is 140 Å². The van der Waals surface area contributed by atoms with E-state index >= 15 is 0 Å². The number of benzene rings is 5. The number of piperidine rings is 1. The number of nitrogens with zero attached hydrogens (tertiary/aromatic N) is 11. The van der Waals surface area contributed by atoms with Crippen LogP contribution in [0.5, 0.6) is 17.8 Å². The van der Waals surface area contributed by atoms with E-state index in [1.54, 1.807) is 4.90 Å². The third kappa shape index (κ3) is 12.1. The molecule has 0 radical (unpaired) electrons. The zero-order valence-corrected chi connectivity index (χ0v) is 48.7. The quantitative estimate of drug-likeness (QED) is 0.124. The number of rotatable bonds is 12. The van der Waals surface area contributed by atoms with E-state index in [2.05, 4.69) is 119 Å². The number of hydrogen-bond acceptors (Lipinski definition) is 15. The number of likely N-dealkylation sites (N-methyl/N-ethyl adjacent to an activating group) is 2. The Morgan fingerprint density at radius 1 is 0.561 bits per heavy atom. The summed E-state index contributed by atoms with van der Waals surface area (Å²) in [6, 6.07) is 36.7. The molecule has 82 heavy (non-hydrogen) atoms. The monoisotopic (exact) mass is 1110 g/mol. The normalized spacial score (nSPS) is 20.3. The summed E-state index contributed by atoms with van der Waals surface area (Å²) in [7, 11) is 4.35. The Kier molecular flexibility index (Phi) is 16.5. The van der Waals surface area contributed by atoms with E-state index in [0.717, 1.165) is 110 Å². The van der Waals surface area contributed by atoms with Gasteiger partial charge in [-0.1, -0.05) is 84.9 Å². The molecular formula is C66H81N11O5. The summed E-state index contributed by atoms with van der Waals surface area (Å²) in [5, 5.41) is 15.2. The van der Waals surface area contributed by atoms with Gasteiger partial charge >= 0.3 is 18.1 Å². The van der Waals surface area contributed by atoms with Crippen LogP contribution in [0.2, 0.25) is 0 Å². The van der Waals surface area contributed by atoms with Crippen LogP contribution in [0.4, 0.5) is 27.8 Å². The average molecular weight is 1110 g/mol. The van der Waals surface area contributed by atoms with E-state index in [1.807, 2.05) is 48.5 Å². The molecule has 16 heteroatoms. The Morgan fingerprint density at radius 2 is 1.07 bits per heavy atom. The predicted molar refractivity (Wildman–Crippen MR) is 326 cm³/mol. The highest BCUT2D eigenvalue weighted by Crippen LogP contribution is 2.39. The van der Waals surface area contributed by atoms with Gasteiger partial charge in [-0.3, -0.25) is 9.80 Å².